The lowest BCUT2D eigenvalue weighted by atomic mass is 10.2. The summed E-state index contributed by atoms with van der Waals surface area (Å²) in [6.07, 6.45) is 0. The quantitative estimate of drug-likeness (QED) is 0.582. The molecule has 0 fully saturated rings. The Kier molecular flexibility index (Phi) is 4.66. The molecule has 110 valence electrons. The highest BCUT2D eigenvalue weighted by molar-refractivity contribution is 5.89. The molecule has 0 saturated heterocycles. The van der Waals surface area contributed by atoms with Crippen LogP contribution in [0.2, 0.25) is 0 Å². The predicted molar refractivity (Wildman–Crippen MR) is 79.5 cm³/mol. The first-order valence-electron chi connectivity index (χ1n) is 6.62. The van der Waals surface area contributed by atoms with Gasteiger partial charge in [0.25, 0.3) is 0 Å². The zero-order valence-electron chi connectivity index (χ0n) is 11.7. The summed E-state index contributed by atoms with van der Waals surface area (Å²) in [4.78, 5) is 11.5. The Bertz CT molecular complexity index is 623. The highest BCUT2D eigenvalue weighted by Crippen LogP contribution is 2.25. The maximum Gasteiger partial charge on any atom is 0.338 e. The number of rotatable bonds is 5. The largest absolute Gasteiger partial charge is 0.504 e. The Morgan fingerprint density at radius 3 is 2.43 bits per heavy atom. The van der Waals surface area contributed by atoms with E-state index in [0.717, 1.165) is 11.3 Å². The minimum absolute atomic E-state index is 0.141. The summed E-state index contributed by atoms with van der Waals surface area (Å²) in [5.74, 6) is -0.628. The van der Waals surface area contributed by atoms with E-state index in [9.17, 15) is 15.0 Å². The highest BCUT2D eigenvalue weighted by atomic mass is 16.5. The van der Waals surface area contributed by atoms with Crippen LogP contribution in [0.4, 0.5) is 5.69 Å². The minimum Gasteiger partial charge on any atom is -0.504 e. The van der Waals surface area contributed by atoms with Crippen molar-refractivity contribution < 1.29 is 19.7 Å². The maximum absolute atomic E-state index is 11.5. The second-order valence-electron chi connectivity index (χ2n) is 4.47. The fourth-order valence-electron chi connectivity index (χ4n) is 1.82. The van der Waals surface area contributed by atoms with Gasteiger partial charge < -0.3 is 20.3 Å². The van der Waals surface area contributed by atoms with Gasteiger partial charge in [-0.05, 0) is 48.9 Å². The van der Waals surface area contributed by atoms with Crippen LogP contribution in [0.1, 0.15) is 22.8 Å². The third-order valence-corrected chi connectivity index (χ3v) is 2.93. The first kappa shape index (κ1) is 14.7. The number of carbonyl (C=O) groups is 1. The van der Waals surface area contributed by atoms with Crippen LogP contribution in [0, 0.1) is 0 Å². The van der Waals surface area contributed by atoms with Crippen LogP contribution in [-0.4, -0.2) is 22.8 Å². The number of carbonyl (C=O) groups excluding carboxylic acids is 1. The molecular weight excluding hydrogens is 270 g/mol. The van der Waals surface area contributed by atoms with Crippen LogP contribution >= 0.6 is 0 Å². The van der Waals surface area contributed by atoms with Crippen LogP contribution in [0.3, 0.4) is 0 Å². The lowest BCUT2D eigenvalue weighted by Crippen LogP contribution is -2.05. The number of hydrogen-bond acceptors (Lipinski definition) is 5. The molecule has 0 amide bonds. The molecule has 0 radical (unpaired) electrons. The van der Waals surface area contributed by atoms with Crippen LogP contribution in [0.15, 0.2) is 42.5 Å². The predicted octanol–water partition coefficient (Wildman–Crippen LogP) is 2.89. The number of phenolic OH excluding ortho intramolecular Hbond substituents is 2. The average molecular weight is 287 g/mol. The zero-order valence-corrected chi connectivity index (χ0v) is 11.7. The van der Waals surface area contributed by atoms with Gasteiger partial charge >= 0.3 is 5.97 Å². The number of anilines is 1. The van der Waals surface area contributed by atoms with Gasteiger partial charge in [0.15, 0.2) is 11.5 Å². The van der Waals surface area contributed by atoms with E-state index in [-0.39, 0.29) is 17.5 Å². The Balaban J connectivity index is 1.97. The Morgan fingerprint density at radius 2 is 1.81 bits per heavy atom. The van der Waals surface area contributed by atoms with Gasteiger partial charge in [-0.15, -0.1) is 0 Å². The average Bonchev–Trinajstić information content (AvgIpc) is 2.49. The van der Waals surface area contributed by atoms with Crippen molar-refractivity contribution in [3.63, 3.8) is 0 Å². The summed E-state index contributed by atoms with van der Waals surface area (Å²) in [5, 5.41) is 21.8. The van der Waals surface area contributed by atoms with Crippen molar-refractivity contribution in [1.82, 2.24) is 0 Å². The van der Waals surface area contributed by atoms with E-state index in [1.54, 1.807) is 37.3 Å². The summed E-state index contributed by atoms with van der Waals surface area (Å²) < 4.78 is 4.91. The molecule has 3 N–H and O–H groups in total. The fourth-order valence-corrected chi connectivity index (χ4v) is 1.82. The van der Waals surface area contributed by atoms with Crippen LogP contribution in [0.25, 0.3) is 0 Å². The van der Waals surface area contributed by atoms with Crippen molar-refractivity contribution >= 4 is 11.7 Å². The maximum atomic E-state index is 11.5. The Morgan fingerprint density at radius 1 is 1.10 bits per heavy atom. The van der Waals surface area contributed by atoms with Crippen molar-refractivity contribution in [2.75, 3.05) is 11.9 Å². The molecule has 2 rings (SSSR count). The molecule has 2 aromatic rings. The van der Waals surface area contributed by atoms with Gasteiger partial charge in [0.1, 0.15) is 0 Å². The molecule has 0 atom stereocenters. The van der Waals surface area contributed by atoms with Crippen molar-refractivity contribution in [2.45, 2.75) is 13.5 Å². The summed E-state index contributed by atoms with van der Waals surface area (Å²) >= 11 is 0. The Hall–Kier alpha value is -2.69. The summed E-state index contributed by atoms with van der Waals surface area (Å²) in [5.41, 5.74) is 2.18. The molecule has 5 heteroatoms. The molecule has 0 saturated carbocycles. The number of hydrogen-bond donors (Lipinski definition) is 3. The van der Waals surface area contributed by atoms with E-state index in [0.29, 0.717) is 18.7 Å². The summed E-state index contributed by atoms with van der Waals surface area (Å²) in [6.45, 7) is 2.61. The van der Waals surface area contributed by atoms with Gasteiger partial charge in [0, 0.05) is 12.2 Å². The lowest BCUT2D eigenvalue weighted by Gasteiger charge is -2.08. The highest BCUT2D eigenvalue weighted by Gasteiger charge is 2.05. The molecule has 0 aromatic heterocycles. The molecule has 2 aromatic carbocycles. The van der Waals surface area contributed by atoms with Crippen LogP contribution < -0.4 is 5.32 Å². The van der Waals surface area contributed by atoms with E-state index in [4.69, 9.17) is 4.74 Å². The standard InChI is InChI=1S/C16H17NO4/c1-2-21-16(20)12-4-6-13(7-5-12)17-10-11-3-8-14(18)15(19)9-11/h3-9,17-19H,2,10H2,1H3. The molecule has 0 heterocycles. The normalized spacial score (nSPS) is 10.1. The number of phenols is 2. The number of benzene rings is 2. The first-order valence-corrected chi connectivity index (χ1v) is 6.62. The summed E-state index contributed by atoms with van der Waals surface area (Å²) in [7, 11) is 0. The molecule has 0 aliphatic rings. The molecular formula is C16H17NO4. The van der Waals surface area contributed by atoms with Crippen LogP contribution in [-0.2, 0) is 11.3 Å². The monoisotopic (exact) mass is 287 g/mol. The molecule has 21 heavy (non-hydrogen) atoms. The van der Waals surface area contributed by atoms with E-state index < -0.39 is 0 Å². The topological polar surface area (TPSA) is 78.8 Å². The van der Waals surface area contributed by atoms with Crippen LogP contribution in [0.5, 0.6) is 11.5 Å². The third kappa shape index (κ3) is 3.89. The number of aromatic hydroxyl groups is 2. The molecule has 0 aliphatic heterocycles. The Labute approximate surface area is 122 Å². The van der Waals surface area contributed by atoms with E-state index in [1.165, 1.54) is 12.1 Å². The second-order valence-corrected chi connectivity index (χ2v) is 4.47. The van der Waals surface area contributed by atoms with Crippen molar-refractivity contribution in [3.05, 3.63) is 53.6 Å². The van der Waals surface area contributed by atoms with Gasteiger partial charge in [-0.2, -0.15) is 0 Å². The molecule has 0 spiro atoms. The number of ether oxygens (including phenoxy) is 1. The summed E-state index contributed by atoms with van der Waals surface area (Å²) in [6, 6.07) is 11.6. The van der Waals surface area contributed by atoms with E-state index >= 15 is 0 Å². The molecule has 0 bridgehead atoms. The fraction of sp³-hybridized carbons (Fsp3) is 0.188. The smallest absolute Gasteiger partial charge is 0.338 e. The molecule has 5 nitrogen and oxygen atoms in total. The van der Waals surface area contributed by atoms with E-state index in [2.05, 4.69) is 5.32 Å². The van der Waals surface area contributed by atoms with Crippen molar-refractivity contribution in [1.29, 1.82) is 0 Å². The van der Waals surface area contributed by atoms with Crippen molar-refractivity contribution in [3.8, 4) is 11.5 Å². The number of nitrogens with one attached hydrogen (secondary N) is 1. The first-order chi connectivity index (χ1) is 10.1. The lowest BCUT2D eigenvalue weighted by molar-refractivity contribution is 0.0526. The third-order valence-electron chi connectivity index (χ3n) is 2.93. The van der Waals surface area contributed by atoms with E-state index in [1.807, 2.05) is 0 Å². The number of esters is 1. The van der Waals surface area contributed by atoms with Crippen molar-refractivity contribution in [2.24, 2.45) is 0 Å². The van der Waals surface area contributed by atoms with Gasteiger partial charge in [-0.3, -0.25) is 0 Å². The molecule has 0 aliphatic carbocycles. The van der Waals surface area contributed by atoms with Gasteiger partial charge in [0.05, 0.1) is 12.2 Å². The van der Waals surface area contributed by atoms with Gasteiger partial charge in [0.2, 0.25) is 0 Å². The second kappa shape index (κ2) is 6.65. The molecule has 0 unspecified atom stereocenters. The minimum atomic E-state index is -0.340. The van der Waals surface area contributed by atoms with Gasteiger partial charge in [-0.1, -0.05) is 6.07 Å². The zero-order chi connectivity index (χ0) is 15.2. The SMILES string of the molecule is CCOC(=O)c1ccc(NCc2ccc(O)c(O)c2)cc1. The van der Waals surface area contributed by atoms with Gasteiger partial charge in [-0.25, -0.2) is 4.79 Å².